The molecule has 0 N–H and O–H groups in total. The van der Waals surface area contributed by atoms with Gasteiger partial charge < -0.3 is 0 Å². The van der Waals surface area contributed by atoms with E-state index in [0.29, 0.717) is 12.8 Å². The van der Waals surface area contributed by atoms with Crippen molar-refractivity contribution in [2.24, 2.45) is 0 Å². The Morgan fingerprint density at radius 2 is 1.32 bits per heavy atom. The Hall–Kier alpha value is -1.10. The molecule has 4 rings (SSSR count). The molecule has 0 atom stereocenters. The van der Waals surface area contributed by atoms with Gasteiger partial charge in [-0.15, -0.1) is 0 Å². The molecule has 25 heavy (non-hydrogen) atoms. The summed E-state index contributed by atoms with van der Waals surface area (Å²) in [7, 11) is -3.68. The Bertz CT molecular complexity index is 711. The molecule has 3 fully saturated rings. The fourth-order valence-corrected chi connectivity index (χ4v) is 4.84. The zero-order valence-electron chi connectivity index (χ0n) is 13.6. The van der Waals surface area contributed by atoms with Crippen molar-refractivity contribution >= 4 is 10.0 Å². The van der Waals surface area contributed by atoms with Crippen LogP contribution in [0.5, 0.6) is 0 Å². The summed E-state index contributed by atoms with van der Waals surface area (Å²) in [6.07, 6.45) is 3.97. The van der Waals surface area contributed by atoms with Crippen LogP contribution in [0.3, 0.4) is 0 Å². The second-order valence-electron chi connectivity index (χ2n) is 6.72. The molecule has 0 unspecified atom stereocenters. The first-order valence-electron chi connectivity index (χ1n) is 8.43. The number of hydrogen-bond acceptors (Lipinski definition) is 6. The highest BCUT2D eigenvalue weighted by atomic mass is 32.2. The van der Waals surface area contributed by atoms with E-state index in [4.69, 9.17) is 19.6 Å². The lowest BCUT2D eigenvalue weighted by Gasteiger charge is -2.44. The fraction of sp³-hybridized carbons (Fsp3) is 0.625. The molecule has 0 bridgehead atoms. The first kappa shape index (κ1) is 17.3. The second kappa shape index (κ2) is 6.26. The summed E-state index contributed by atoms with van der Waals surface area (Å²) in [4.78, 5) is 22.0. The Kier molecular flexibility index (Phi) is 4.33. The smallest absolute Gasteiger partial charge is 0.207 e. The maximum absolute atomic E-state index is 13.0. The van der Waals surface area contributed by atoms with Gasteiger partial charge in [0.2, 0.25) is 21.6 Å². The molecule has 1 aliphatic carbocycles. The first-order chi connectivity index (χ1) is 11.9. The zero-order valence-corrected chi connectivity index (χ0v) is 14.5. The van der Waals surface area contributed by atoms with Crippen LogP contribution in [0, 0.1) is 5.82 Å². The van der Waals surface area contributed by atoms with Gasteiger partial charge in [0, 0.05) is 38.8 Å². The number of piperidine rings is 1. The van der Waals surface area contributed by atoms with Crippen molar-refractivity contribution in [1.82, 2.24) is 4.31 Å². The summed E-state index contributed by atoms with van der Waals surface area (Å²) in [5.74, 6) is -2.37. The van der Waals surface area contributed by atoms with E-state index in [1.807, 2.05) is 0 Å². The zero-order chi connectivity index (χ0) is 17.5. The lowest BCUT2D eigenvalue weighted by atomic mass is 10.1. The summed E-state index contributed by atoms with van der Waals surface area (Å²) in [5.41, 5.74) is 0. The third kappa shape index (κ3) is 3.20. The molecule has 2 aliphatic heterocycles. The van der Waals surface area contributed by atoms with Gasteiger partial charge in [-0.2, -0.15) is 23.9 Å². The lowest BCUT2D eigenvalue weighted by molar-refractivity contribution is -0.658. The summed E-state index contributed by atoms with van der Waals surface area (Å²) in [6.45, 7) is 0.388. The van der Waals surface area contributed by atoms with Crippen LogP contribution in [-0.4, -0.2) is 37.4 Å². The standard InChI is InChI=1S/C16H20FNO6S/c17-13-3-5-14(6-4-13)25(19,20)18-11-9-16(10-12-18)23-21-15(22-24-16)7-1-2-8-15/h3-6H,1-2,7-12H2. The van der Waals surface area contributed by atoms with Crippen molar-refractivity contribution < 1.29 is 32.4 Å². The van der Waals surface area contributed by atoms with Gasteiger partial charge >= 0.3 is 0 Å². The quantitative estimate of drug-likeness (QED) is 0.742. The van der Waals surface area contributed by atoms with Gasteiger partial charge in [-0.1, -0.05) is 0 Å². The van der Waals surface area contributed by atoms with Crippen molar-refractivity contribution in [3.8, 4) is 0 Å². The summed E-state index contributed by atoms with van der Waals surface area (Å²) in [6, 6.07) is 4.79. The minimum absolute atomic E-state index is 0.0627. The average molecular weight is 373 g/mol. The van der Waals surface area contributed by atoms with Gasteiger partial charge in [0.15, 0.2) is 0 Å². The third-order valence-corrected chi connectivity index (χ3v) is 6.90. The first-order valence-corrected chi connectivity index (χ1v) is 9.87. The topological polar surface area (TPSA) is 74.3 Å². The Morgan fingerprint density at radius 1 is 0.840 bits per heavy atom. The highest BCUT2D eigenvalue weighted by molar-refractivity contribution is 7.89. The molecule has 3 aliphatic rings. The maximum atomic E-state index is 13.0. The Balaban J connectivity index is 1.40. The van der Waals surface area contributed by atoms with E-state index in [2.05, 4.69) is 0 Å². The number of halogens is 1. The van der Waals surface area contributed by atoms with Crippen molar-refractivity contribution in [3.63, 3.8) is 0 Å². The van der Waals surface area contributed by atoms with Crippen molar-refractivity contribution in [2.75, 3.05) is 13.1 Å². The van der Waals surface area contributed by atoms with E-state index >= 15 is 0 Å². The predicted molar refractivity (Wildman–Crippen MR) is 82.7 cm³/mol. The molecule has 138 valence electrons. The number of hydrogen-bond donors (Lipinski definition) is 0. The van der Waals surface area contributed by atoms with Gasteiger partial charge in [-0.25, -0.2) is 12.8 Å². The molecular weight excluding hydrogens is 353 g/mol. The van der Waals surface area contributed by atoms with E-state index in [1.165, 1.54) is 16.4 Å². The van der Waals surface area contributed by atoms with Crippen molar-refractivity contribution in [3.05, 3.63) is 30.1 Å². The normalized spacial score (nSPS) is 26.3. The van der Waals surface area contributed by atoms with E-state index < -0.39 is 27.4 Å². The monoisotopic (exact) mass is 373 g/mol. The molecule has 0 aromatic heterocycles. The maximum Gasteiger partial charge on any atom is 0.243 e. The van der Waals surface area contributed by atoms with Gasteiger partial charge in [0.25, 0.3) is 0 Å². The summed E-state index contributed by atoms with van der Waals surface area (Å²) >= 11 is 0. The second-order valence-corrected chi connectivity index (χ2v) is 8.66. The van der Waals surface area contributed by atoms with Crippen LogP contribution in [-0.2, 0) is 29.6 Å². The molecule has 1 aromatic carbocycles. The minimum Gasteiger partial charge on any atom is -0.207 e. The SMILES string of the molecule is O=S(=O)(c1ccc(F)cc1)N1CCC2(CC1)OOC1(CCCC1)OO2. The largest absolute Gasteiger partial charge is 0.243 e. The van der Waals surface area contributed by atoms with Gasteiger partial charge in [0.05, 0.1) is 4.90 Å². The van der Waals surface area contributed by atoms with Crippen LogP contribution in [0.2, 0.25) is 0 Å². The third-order valence-electron chi connectivity index (χ3n) is 4.99. The number of sulfonamides is 1. The summed E-state index contributed by atoms with van der Waals surface area (Å²) < 4.78 is 39.6. The highest BCUT2D eigenvalue weighted by Gasteiger charge is 2.52. The molecule has 9 heteroatoms. The van der Waals surface area contributed by atoms with Crippen LogP contribution in [0.15, 0.2) is 29.2 Å². The van der Waals surface area contributed by atoms with Crippen LogP contribution < -0.4 is 0 Å². The molecule has 0 radical (unpaired) electrons. The van der Waals surface area contributed by atoms with Gasteiger partial charge in [-0.3, -0.25) is 0 Å². The van der Waals surface area contributed by atoms with E-state index in [1.54, 1.807) is 0 Å². The molecular formula is C16H20FNO6S. The highest BCUT2D eigenvalue weighted by Crippen LogP contribution is 2.43. The molecule has 2 spiro atoms. The number of benzene rings is 1. The summed E-state index contributed by atoms with van der Waals surface area (Å²) in [5, 5.41) is 0. The fourth-order valence-electron chi connectivity index (χ4n) is 3.40. The van der Waals surface area contributed by atoms with Gasteiger partial charge in [0.1, 0.15) is 5.82 Å². The predicted octanol–water partition coefficient (Wildman–Crippen LogP) is 2.49. The van der Waals surface area contributed by atoms with E-state index in [9.17, 15) is 12.8 Å². The van der Waals surface area contributed by atoms with Crippen LogP contribution in [0.4, 0.5) is 4.39 Å². The average Bonchev–Trinajstić information content (AvgIpc) is 3.08. The van der Waals surface area contributed by atoms with Crippen molar-refractivity contribution in [2.45, 2.75) is 55.0 Å². The molecule has 0 amide bonds. The Labute approximate surface area is 145 Å². The van der Waals surface area contributed by atoms with Crippen LogP contribution in [0.1, 0.15) is 38.5 Å². The molecule has 7 nitrogen and oxygen atoms in total. The molecule has 1 saturated carbocycles. The van der Waals surface area contributed by atoms with Crippen LogP contribution in [0.25, 0.3) is 0 Å². The van der Waals surface area contributed by atoms with Gasteiger partial charge in [-0.05, 0) is 37.1 Å². The van der Waals surface area contributed by atoms with Crippen molar-refractivity contribution in [1.29, 1.82) is 0 Å². The van der Waals surface area contributed by atoms with E-state index in [0.717, 1.165) is 25.0 Å². The van der Waals surface area contributed by atoms with E-state index in [-0.39, 0.29) is 30.8 Å². The van der Waals surface area contributed by atoms with Crippen LogP contribution >= 0.6 is 0 Å². The molecule has 2 heterocycles. The lowest BCUT2D eigenvalue weighted by Crippen LogP contribution is -2.55. The number of nitrogens with zero attached hydrogens (tertiary/aromatic N) is 1. The minimum atomic E-state index is -3.68. The number of rotatable bonds is 2. The molecule has 1 aromatic rings. The Morgan fingerprint density at radius 3 is 1.84 bits per heavy atom. The molecule has 2 saturated heterocycles.